The molecule has 0 radical (unpaired) electrons. The maximum atomic E-state index is 12.9. The van der Waals surface area contributed by atoms with Crippen LogP contribution in [0.2, 0.25) is 10.0 Å². The van der Waals surface area contributed by atoms with E-state index in [1.54, 1.807) is 0 Å². The summed E-state index contributed by atoms with van der Waals surface area (Å²) in [6.45, 7) is 3.01. The van der Waals surface area contributed by atoms with Gasteiger partial charge in [0.25, 0.3) is 0 Å². The highest BCUT2D eigenvalue weighted by molar-refractivity contribution is 6.30. The summed E-state index contributed by atoms with van der Waals surface area (Å²) in [7, 11) is 4.32. The molecule has 0 spiro atoms. The van der Waals surface area contributed by atoms with Crippen molar-refractivity contribution in [2.45, 2.75) is 75.9 Å². The quantitative estimate of drug-likeness (QED) is 0.313. The minimum Gasteiger partial charge on any atom is -0.479 e. The highest BCUT2D eigenvalue weighted by atomic mass is 35.5. The van der Waals surface area contributed by atoms with Gasteiger partial charge >= 0.3 is 5.97 Å². The van der Waals surface area contributed by atoms with Crippen LogP contribution in [0.1, 0.15) is 69.0 Å². The molecule has 1 saturated carbocycles. The molecule has 7 heteroatoms. The Morgan fingerprint density at radius 2 is 1.66 bits per heavy atom. The lowest BCUT2D eigenvalue weighted by atomic mass is 9.72. The molecule has 0 saturated heterocycles. The van der Waals surface area contributed by atoms with Crippen LogP contribution in [0.3, 0.4) is 0 Å². The Labute approximate surface area is 237 Å². The summed E-state index contributed by atoms with van der Waals surface area (Å²) in [5.41, 5.74) is 1.09. The Morgan fingerprint density at radius 1 is 1.05 bits per heavy atom. The van der Waals surface area contributed by atoms with Crippen LogP contribution in [0.4, 0.5) is 0 Å². The van der Waals surface area contributed by atoms with Crippen LogP contribution in [-0.2, 0) is 11.2 Å². The Hall–Kier alpha value is -2.08. The van der Waals surface area contributed by atoms with Crippen molar-refractivity contribution in [2.75, 3.05) is 20.6 Å². The zero-order chi connectivity index (χ0) is 27.3. The molecular formula is C31H41Cl2N3O2. The maximum absolute atomic E-state index is 12.9. The second-order valence-electron chi connectivity index (χ2n) is 11.4. The lowest BCUT2D eigenvalue weighted by Gasteiger charge is -2.41. The standard InChI is InChI=1S/C31H41Cl2N3O2/c1-4-5-18-36-21-34-31(30(37)38,20-23-8-14-26(32)15-9-23)28(36)19-22-6-10-24(11-7-22)29(35(2)3)25-12-16-27(33)17-13-25/h8-9,12-17,21-22,24,28-29H,4-7,10-11,18-20H2,1-3H3,(H,37,38). The number of carboxylic acids is 1. The van der Waals surface area contributed by atoms with Gasteiger partial charge in [-0.25, -0.2) is 4.79 Å². The van der Waals surface area contributed by atoms with E-state index in [9.17, 15) is 9.90 Å². The number of hydrogen-bond acceptors (Lipinski definition) is 4. The molecular weight excluding hydrogens is 517 g/mol. The van der Waals surface area contributed by atoms with Gasteiger partial charge in [0.05, 0.1) is 12.4 Å². The molecule has 4 rings (SSSR count). The summed E-state index contributed by atoms with van der Waals surface area (Å²) in [5.74, 6) is 0.215. The van der Waals surface area contributed by atoms with Crippen molar-refractivity contribution in [3.8, 4) is 0 Å². The third-order valence-electron chi connectivity index (χ3n) is 8.58. The zero-order valence-corrected chi connectivity index (χ0v) is 24.3. The number of carboxylic acid groups (broad SMARTS) is 1. The largest absolute Gasteiger partial charge is 0.479 e. The first-order chi connectivity index (χ1) is 18.2. The summed E-state index contributed by atoms with van der Waals surface area (Å²) in [6, 6.07) is 16.0. The van der Waals surface area contributed by atoms with Gasteiger partial charge in [-0.15, -0.1) is 0 Å². The second-order valence-corrected chi connectivity index (χ2v) is 12.2. The second kappa shape index (κ2) is 12.8. The molecule has 2 aromatic carbocycles. The van der Waals surface area contributed by atoms with E-state index in [1.165, 1.54) is 5.56 Å². The smallest absolute Gasteiger partial charge is 0.334 e. The summed E-state index contributed by atoms with van der Waals surface area (Å²) >= 11 is 12.3. The molecule has 3 unspecified atom stereocenters. The molecule has 3 atom stereocenters. The van der Waals surface area contributed by atoms with E-state index in [2.05, 4.69) is 43.0 Å². The van der Waals surface area contributed by atoms with Gasteiger partial charge in [-0.3, -0.25) is 4.99 Å². The number of nitrogens with zero attached hydrogens (tertiary/aromatic N) is 3. The van der Waals surface area contributed by atoms with Gasteiger partial charge in [0, 0.05) is 29.1 Å². The highest BCUT2D eigenvalue weighted by Gasteiger charge is 2.52. The number of unbranched alkanes of at least 4 members (excludes halogenated alkanes) is 1. The molecule has 0 amide bonds. The van der Waals surface area contributed by atoms with Crippen LogP contribution in [0.15, 0.2) is 53.5 Å². The topological polar surface area (TPSA) is 56.1 Å². The molecule has 2 aliphatic rings. The number of benzene rings is 2. The van der Waals surface area contributed by atoms with Crippen molar-refractivity contribution in [2.24, 2.45) is 16.8 Å². The molecule has 1 fully saturated rings. The van der Waals surface area contributed by atoms with Gasteiger partial charge in [0.1, 0.15) is 0 Å². The fraction of sp³-hybridized carbons (Fsp3) is 0.548. The summed E-state index contributed by atoms with van der Waals surface area (Å²) in [5, 5.41) is 12.0. The van der Waals surface area contributed by atoms with Crippen LogP contribution in [-0.4, -0.2) is 59.4 Å². The van der Waals surface area contributed by atoms with Crippen LogP contribution >= 0.6 is 23.2 Å². The van der Waals surface area contributed by atoms with Crippen molar-refractivity contribution in [3.05, 3.63) is 69.7 Å². The monoisotopic (exact) mass is 557 g/mol. The van der Waals surface area contributed by atoms with E-state index in [4.69, 9.17) is 28.2 Å². The van der Waals surface area contributed by atoms with Crippen LogP contribution in [0.5, 0.6) is 0 Å². The minimum atomic E-state index is -1.17. The lowest BCUT2D eigenvalue weighted by molar-refractivity contribution is -0.145. The number of halogens is 2. The number of rotatable bonds is 11. The Morgan fingerprint density at radius 3 is 2.21 bits per heavy atom. The van der Waals surface area contributed by atoms with Crippen LogP contribution < -0.4 is 0 Å². The minimum absolute atomic E-state index is 0.148. The summed E-state index contributed by atoms with van der Waals surface area (Å²) < 4.78 is 0. The third kappa shape index (κ3) is 6.55. The normalized spacial score (nSPS) is 26.2. The van der Waals surface area contributed by atoms with Crippen LogP contribution in [0.25, 0.3) is 0 Å². The number of aliphatic imine (C=N–C) groups is 1. The van der Waals surface area contributed by atoms with Gasteiger partial charge in [-0.2, -0.15) is 0 Å². The average Bonchev–Trinajstić information content (AvgIpc) is 3.24. The third-order valence-corrected chi connectivity index (χ3v) is 9.08. The zero-order valence-electron chi connectivity index (χ0n) is 22.8. The SMILES string of the molecule is CCCCN1C=NC(Cc2ccc(Cl)cc2)(C(=O)O)C1CC1CCC(C(c2ccc(Cl)cc2)N(C)C)CC1. The predicted octanol–water partition coefficient (Wildman–Crippen LogP) is 7.37. The van der Waals surface area contributed by atoms with E-state index < -0.39 is 11.5 Å². The molecule has 38 heavy (non-hydrogen) atoms. The molecule has 0 bridgehead atoms. The number of hydrogen-bond donors (Lipinski definition) is 1. The summed E-state index contributed by atoms with van der Waals surface area (Å²) in [4.78, 5) is 22.2. The molecule has 1 N–H and O–H groups in total. The van der Waals surface area contributed by atoms with Gasteiger partial charge in [-0.1, -0.05) is 73.7 Å². The molecule has 1 aliphatic carbocycles. The molecule has 0 aromatic heterocycles. The van der Waals surface area contributed by atoms with Gasteiger partial charge in [-0.05, 0) is 87.0 Å². The first-order valence-electron chi connectivity index (χ1n) is 13.9. The van der Waals surface area contributed by atoms with Gasteiger partial charge in [0.15, 0.2) is 5.54 Å². The fourth-order valence-electron chi connectivity index (χ4n) is 6.56. The molecule has 206 valence electrons. The van der Waals surface area contributed by atoms with Crippen molar-refractivity contribution in [1.82, 2.24) is 9.80 Å². The Balaban J connectivity index is 1.50. The lowest BCUT2D eigenvalue weighted by Crippen LogP contribution is -2.53. The van der Waals surface area contributed by atoms with E-state index in [0.29, 0.717) is 29.3 Å². The van der Waals surface area contributed by atoms with E-state index in [1.807, 2.05) is 42.7 Å². The van der Waals surface area contributed by atoms with Crippen molar-refractivity contribution < 1.29 is 9.90 Å². The maximum Gasteiger partial charge on any atom is 0.334 e. The van der Waals surface area contributed by atoms with Gasteiger partial charge < -0.3 is 14.9 Å². The first kappa shape index (κ1) is 28.9. The van der Waals surface area contributed by atoms with Crippen molar-refractivity contribution in [3.63, 3.8) is 0 Å². The highest BCUT2D eigenvalue weighted by Crippen LogP contribution is 2.43. The average molecular weight is 559 g/mol. The fourth-order valence-corrected chi connectivity index (χ4v) is 6.81. The Kier molecular flexibility index (Phi) is 9.78. The number of aliphatic carboxylic acids is 1. The summed E-state index contributed by atoms with van der Waals surface area (Å²) in [6.07, 6.45) is 9.62. The van der Waals surface area contributed by atoms with E-state index in [0.717, 1.165) is 62.1 Å². The molecule has 1 aliphatic heterocycles. The predicted molar refractivity (Wildman–Crippen MR) is 157 cm³/mol. The van der Waals surface area contributed by atoms with E-state index >= 15 is 0 Å². The van der Waals surface area contributed by atoms with Crippen molar-refractivity contribution in [1.29, 1.82) is 0 Å². The van der Waals surface area contributed by atoms with Crippen LogP contribution in [0, 0.1) is 11.8 Å². The molecule has 1 heterocycles. The first-order valence-corrected chi connectivity index (χ1v) is 14.7. The van der Waals surface area contributed by atoms with Gasteiger partial charge in [0.2, 0.25) is 0 Å². The van der Waals surface area contributed by atoms with E-state index in [-0.39, 0.29) is 6.04 Å². The Bertz CT molecular complexity index is 1080. The number of carbonyl (C=O) groups is 1. The molecule has 5 nitrogen and oxygen atoms in total. The van der Waals surface area contributed by atoms with Crippen molar-refractivity contribution >= 4 is 35.5 Å². The molecule has 2 aromatic rings.